The Morgan fingerprint density at radius 1 is 0.800 bits per heavy atom. The molecule has 2 aromatic carbocycles. The van der Waals surface area contributed by atoms with Crippen LogP contribution in [0.15, 0.2) is 48.5 Å². The van der Waals surface area contributed by atoms with Crippen molar-refractivity contribution < 1.29 is 5.11 Å². The summed E-state index contributed by atoms with van der Waals surface area (Å²) in [6, 6.07) is 14.1. The summed E-state index contributed by atoms with van der Waals surface area (Å²) in [5.74, 6) is 0. The zero-order chi connectivity index (χ0) is 15.0. The van der Waals surface area contributed by atoms with Gasteiger partial charge < -0.3 is 10.8 Å². The van der Waals surface area contributed by atoms with E-state index in [0.29, 0.717) is 21.2 Å². The van der Waals surface area contributed by atoms with E-state index in [9.17, 15) is 5.11 Å². The summed E-state index contributed by atoms with van der Waals surface area (Å²) in [5, 5.41) is 12.5. The van der Waals surface area contributed by atoms with Gasteiger partial charge in [0.15, 0.2) is 0 Å². The first-order chi connectivity index (χ1) is 9.25. The van der Waals surface area contributed by atoms with Gasteiger partial charge in [-0.2, -0.15) is 0 Å². The molecular formula is C16H17Cl2NO. The van der Waals surface area contributed by atoms with Crippen LogP contribution in [0.3, 0.4) is 0 Å². The van der Waals surface area contributed by atoms with E-state index in [-0.39, 0.29) is 0 Å². The second-order valence-corrected chi connectivity index (χ2v) is 6.32. The molecule has 0 radical (unpaired) electrons. The molecule has 4 heteroatoms. The molecule has 0 aliphatic heterocycles. The van der Waals surface area contributed by atoms with E-state index >= 15 is 0 Å². The lowest BCUT2D eigenvalue weighted by atomic mass is 9.73. The summed E-state index contributed by atoms with van der Waals surface area (Å²) < 4.78 is 0. The maximum atomic E-state index is 11.3. The van der Waals surface area contributed by atoms with Crippen LogP contribution in [0.5, 0.6) is 0 Å². The van der Waals surface area contributed by atoms with Gasteiger partial charge in [-0.1, -0.05) is 47.5 Å². The van der Waals surface area contributed by atoms with E-state index in [4.69, 9.17) is 28.9 Å². The van der Waals surface area contributed by atoms with Crippen molar-refractivity contribution in [2.24, 2.45) is 5.73 Å². The van der Waals surface area contributed by atoms with E-state index < -0.39 is 11.1 Å². The first-order valence-corrected chi connectivity index (χ1v) is 7.04. The number of aliphatic hydroxyl groups is 1. The van der Waals surface area contributed by atoms with Crippen molar-refractivity contribution in [3.63, 3.8) is 0 Å². The van der Waals surface area contributed by atoms with Crippen LogP contribution in [0.1, 0.15) is 25.0 Å². The highest BCUT2D eigenvalue weighted by molar-refractivity contribution is 6.30. The maximum Gasteiger partial charge on any atom is 0.132 e. The van der Waals surface area contributed by atoms with Crippen molar-refractivity contribution in [2.45, 2.75) is 25.0 Å². The molecule has 106 valence electrons. The Kier molecular flexibility index (Phi) is 4.12. The molecule has 2 rings (SSSR count). The average Bonchev–Trinajstić information content (AvgIpc) is 2.38. The number of halogens is 2. The monoisotopic (exact) mass is 309 g/mol. The lowest BCUT2D eigenvalue weighted by Gasteiger charge is -2.41. The van der Waals surface area contributed by atoms with Gasteiger partial charge in [0.05, 0.1) is 0 Å². The quantitative estimate of drug-likeness (QED) is 0.901. The molecule has 0 unspecified atom stereocenters. The molecule has 0 heterocycles. The van der Waals surface area contributed by atoms with Gasteiger partial charge in [0.25, 0.3) is 0 Å². The first kappa shape index (κ1) is 15.3. The smallest absolute Gasteiger partial charge is 0.132 e. The van der Waals surface area contributed by atoms with Gasteiger partial charge in [-0.15, -0.1) is 0 Å². The van der Waals surface area contributed by atoms with Crippen LogP contribution in [-0.2, 0) is 5.60 Å². The molecule has 0 aliphatic rings. The molecule has 0 atom stereocenters. The van der Waals surface area contributed by atoms with Crippen molar-refractivity contribution in [1.29, 1.82) is 0 Å². The molecule has 0 aromatic heterocycles. The van der Waals surface area contributed by atoms with Crippen molar-refractivity contribution in [3.05, 3.63) is 69.7 Å². The zero-order valence-electron chi connectivity index (χ0n) is 11.4. The third kappa shape index (κ3) is 2.70. The topological polar surface area (TPSA) is 46.2 Å². The largest absolute Gasteiger partial charge is 0.378 e. The van der Waals surface area contributed by atoms with Crippen LogP contribution in [-0.4, -0.2) is 10.6 Å². The van der Waals surface area contributed by atoms with Crippen LogP contribution in [0.25, 0.3) is 0 Å². The van der Waals surface area contributed by atoms with E-state index in [1.165, 1.54) is 0 Å². The number of hydrogen-bond acceptors (Lipinski definition) is 2. The van der Waals surface area contributed by atoms with Gasteiger partial charge in [0.2, 0.25) is 0 Å². The summed E-state index contributed by atoms with van der Waals surface area (Å²) in [6.45, 7) is 3.58. The average molecular weight is 310 g/mol. The minimum absolute atomic E-state index is 0.613. The summed E-state index contributed by atoms with van der Waals surface area (Å²) in [5.41, 5.74) is 5.41. The van der Waals surface area contributed by atoms with Crippen LogP contribution in [0.4, 0.5) is 0 Å². The Bertz CT molecular complexity index is 540. The molecule has 0 amide bonds. The minimum Gasteiger partial charge on any atom is -0.378 e. The molecule has 20 heavy (non-hydrogen) atoms. The normalized spacial score (nSPS) is 12.5. The predicted molar refractivity (Wildman–Crippen MR) is 84.2 cm³/mol. The zero-order valence-corrected chi connectivity index (χ0v) is 12.9. The van der Waals surface area contributed by atoms with E-state index in [1.807, 2.05) is 0 Å². The van der Waals surface area contributed by atoms with Crippen LogP contribution in [0, 0.1) is 0 Å². The van der Waals surface area contributed by atoms with Crippen LogP contribution < -0.4 is 5.73 Å². The highest BCUT2D eigenvalue weighted by Crippen LogP contribution is 2.38. The number of rotatable bonds is 3. The highest BCUT2D eigenvalue weighted by Gasteiger charge is 2.43. The fourth-order valence-electron chi connectivity index (χ4n) is 2.29. The molecule has 0 bridgehead atoms. The maximum absolute atomic E-state index is 11.3. The molecular weight excluding hydrogens is 293 g/mol. The second-order valence-electron chi connectivity index (χ2n) is 5.45. The third-order valence-corrected chi connectivity index (χ3v) is 3.96. The van der Waals surface area contributed by atoms with Crippen molar-refractivity contribution in [2.75, 3.05) is 0 Å². The molecule has 0 spiro atoms. The van der Waals surface area contributed by atoms with E-state index in [2.05, 4.69) is 0 Å². The number of benzene rings is 2. The minimum atomic E-state index is -1.33. The lowest BCUT2D eigenvalue weighted by Crippen LogP contribution is -2.54. The Morgan fingerprint density at radius 3 is 1.35 bits per heavy atom. The van der Waals surface area contributed by atoms with Gasteiger partial charge in [-0.25, -0.2) is 0 Å². The van der Waals surface area contributed by atoms with Gasteiger partial charge in [-0.3, -0.25) is 0 Å². The number of nitrogens with two attached hydrogens (primary N) is 1. The van der Waals surface area contributed by atoms with Gasteiger partial charge in [-0.05, 0) is 49.2 Å². The Hall–Kier alpha value is -1.06. The second kappa shape index (κ2) is 5.38. The predicted octanol–water partition coefficient (Wildman–Crippen LogP) is 3.97. The summed E-state index contributed by atoms with van der Waals surface area (Å²) in [4.78, 5) is 0. The van der Waals surface area contributed by atoms with Crippen molar-refractivity contribution >= 4 is 23.2 Å². The van der Waals surface area contributed by atoms with Gasteiger partial charge in [0.1, 0.15) is 5.60 Å². The summed E-state index contributed by atoms with van der Waals surface area (Å²) in [6.07, 6.45) is 0. The summed E-state index contributed by atoms with van der Waals surface area (Å²) >= 11 is 11.8. The van der Waals surface area contributed by atoms with E-state index in [1.54, 1.807) is 62.4 Å². The Labute approximate surface area is 129 Å². The molecule has 2 nitrogen and oxygen atoms in total. The fraction of sp³-hybridized carbons (Fsp3) is 0.250. The first-order valence-electron chi connectivity index (χ1n) is 6.28. The molecule has 0 fully saturated rings. The molecule has 3 N–H and O–H groups in total. The Morgan fingerprint density at radius 2 is 1.10 bits per heavy atom. The van der Waals surface area contributed by atoms with Crippen LogP contribution >= 0.6 is 23.2 Å². The SMILES string of the molecule is CC(C)(N)C(O)(c1ccc(Cl)cc1)c1ccc(Cl)cc1. The van der Waals surface area contributed by atoms with Crippen LogP contribution in [0.2, 0.25) is 10.0 Å². The van der Waals surface area contributed by atoms with Gasteiger partial charge in [0, 0.05) is 15.6 Å². The molecule has 0 saturated carbocycles. The molecule has 2 aromatic rings. The summed E-state index contributed by atoms with van der Waals surface area (Å²) in [7, 11) is 0. The highest BCUT2D eigenvalue weighted by atomic mass is 35.5. The Balaban J connectivity index is 2.62. The third-order valence-electron chi connectivity index (χ3n) is 3.46. The number of hydrogen-bond donors (Lipinski definition) is 2. The standard InChI is InChI=1S/C16H17Cl2NO/c1-15(2,19)16(20,11-3-7-13(17)8-4-11)12-5-9-14(18)10-6-12/h3-10,20H,19H2,1-2H3. The molecule has 0 saturated heterocycles. The fourth-order valence-corrected chi connectivity index (χ4v) is 2.54. The van der Waals surface area contributed by atoms with Crippen molar-refractivity contribution in [3.8, 4) is 0 Å². The van der Waals surface area contributed by atoms with Gasteiger partial charge >= 0.3 is 0 Å². The molecule has 0 aliphatic carbocycles. The lowest BCUT2D eigenvalue weighted by molar-refractivity contribution is 0.0132. The van der Waals surface area contributed by atoms with E-state index in [0.717, 1.165) is 0 Å². The van der Waals surface area contributed by atoms with Crippen molar-refractivity contribution in [1.82, 2.24) is 0 Å².